The smallest absolute Gasteiger partial charge is 0.306 e. The number of carbonyl (C=O) groups is 3. The summed E-state index contributed by atoms with van der Waals surface area (Å²) in [5.74, 6) is -2.30. The fourth-order valence-corrected chi connectivity index (χ4v) is 10.3. The van der Waals surface area contributed by atoms with Crippen molar-refractivity contribution in [3.05, 3.63) is 134 Å². The minimum absolute atomic E-state index is 0.140. The van der Waals surface area contributed by atoms with Crippen molar-refractivity contribution in [1.29, 1.82) is 0 Å². The Kier molecular flexibility index (Phi) is 67.7. The van der Waals surface area contributed by atoms with Crippen LogP contribution < -0.4 is 5.11 Å². The SMILES string of the molecule is CC/C=C\C/C=C\C/C=C\C/C=C\C/C=C\C/C=C\CCCCCCCCC(=O)OC(COC(=O)CCCCCCCCCCCCCCCCCCCCCCCCCCC/C=C\C/C=C\C/C=C\C/C=C\C/C=C\CC)COC(OCC[N+](C)(C)C)C(=O)[O-]. The standard InChI is InChI=1S/C82H139NO8/c1-6-8-10-12-14-16-18-20-22-24-26-28-30-32-33-34-35-36-37-38-39-40-41-42-43-44-45-46-47-49-50-52-54-56-58-60-62-64-66-68-70-72-79(84)89-76-78(77-90-82(81(86)87)88-75-74-83(3,4)5)91-80(85)73-71-69-67-65-63-61-59-57-55-53-51-48-31-29-27-25-23-21-19-17-15-13-11-9-7-2/h8-11,14-17,20-23,26-29,32-33,48,51,55,57,78,82H,6-7,12-13,18-19,24-25,30-31,34-47,49-50,52-54,56,58-77H2,1-5H3/b10-8-,11-9-,16-14-,17-15-,22-20-,23-21-,28-26-,29-27-,33-32-,51-48-,57-55-. The number of rotatable bonds is 68. The average Bonchev–Trinajstić information content (AvgIpc) is 3.46. The van der Waals surface area contributed by atoms with Crippen LogP contribution in [0.5, 0.6) is 0 Å². The molecule has 0 aromatic rings. The molecular weight excluding hydrogens is 1130 g/mol. The molecule has 0 aliphatic rings. The molecule has 0 amide bonds. The maximum atomic E-state index is 12.9. The van der Waals surface area contributed by atoms with Crippen LogP contribution in [-0.2, 0) is 33.3 Å². The largest absolute Gasteiger partial charge is 0.545 e. The van der Waals surface area contributed by atoms with E-state index in [4.69, 9.17) is 18.9 Å². The van der Waals surface area contributed by atoms with Gasteiger partial charge in [-0.05, 0) is 109 Å². The first-order valence-electron chi connectivity index (χ1n) is 37.3. The van der Waals surface area contributed by atoms with Gasteiger partial charge in [0.2, 0.25) is 0 Å². The van der Waals surface area contributed by atoms with Gasteiger partial charge in [-0.1, -0.05) is 321 Å². The van der Waals surface area contributed by atoms with Gasteiger partial charge in [-0.2, -0.15) is 0 Å². The summed E-state index contributed by atoms with van der Waals surface area (Å²) in [6.45, 7) is 4.52. The summed E-state index contributed by atoms with van der Waals surface area (Å²) in [6, 6.07) is 0. The molecule has 0 spiro atoms. The van der Waals surface area contributed by atoms with Crippen LogP contribution in [-0.4, -0.2) is 82.3 Å². The average molecular weight is 1270 g/mol. The molecule has 2 atom stereocenters. The summed E-state index contributed by atoms with van der Waals surface area (Å²) in [4.78, 5) is 37.5. The van der Waals surface area contributed by atoms with Crippen LogP contribution in [0.2, 0.25) is 0 Å². The third-order valence-electron chi connectivity index (χ3n) is 15.9. The molecule has 0 fully saturated rings. The number of unbranched alkanes of at least 4 members (excludes halogenated alkanes) is 31. The number of quaternary nitrogens is 1. The Morgan fingerprint density at radius 3 is 0.879 bits per heavy atom. The highest BCUT2D eigenvalue weighted by atomic mass is 16.7. The fraction of sp³-hybridized carbons (Fsp3) is 0.695. The first-order chi connectivity index (χ1) is 44.6. The number of carboxylic acids is 1. The maximum absolute atomic E-state index is 12.9. The van der Waals surface area contributed by atoms with Crippen molar-refractivity contribution < 1.29 is 42.9 Å². The number of allylic oxidation sites excluding steroid dienone is 22. The molecule has 0 saturated carbocycles. The lowest BCUT2D eigenvalue weighted by Crippen LogP contribution is -2.44. The molecule has 0 heterocycles. The van der Waals surface area contributed by atoms with Crippen LogP contribution >= 0.6 is 0 Å². The molecule has 0 aliphatic heterocycles. The molecule has 0 aromatic carbocycles. The van der Waals surface area contributed by atoms with Gasteiger partial charge in [-0.3, -0.25) is 9.59 Å². The molecule has 0 saturated heterocycles. The minimum atomic E-state index is -1.63. The molecule has 520 valence electrons. The van der Waals surface area contributed by atoms with E-state index < -0.39 is 24.3 Å². The predicted octanol–water partition coefficient (Wildman–Crippen LogP) is 22.4. The van der Waals surface area contributed by atoms with Gasteiger partial charge in [-0.25, -0.2) is 0 Å². The second kappa shape index (κ2) is 71.3. The van der Waals surface area contributed by atoms with Gasteiger partial charge in [-0.15, -0.1) is 0 Å². The zero-order valence-corrected chi connectivity index (χ0v) is 59.4. The number of carbonyl (C=O) groups excluding carboxylic acids is 3. The van der Waals surface area contributed by atoms with Gasteiger partial charge in [0.25, 0.3) is 0 Å². The van der Waals surface area contributed by atoms with Crippen LogP contribution in [0.15, 0.2) is 134 Å². The highest BCUT2D eigenvalue weighted by molar-refractivity contribution is 5.70. The van der Waals surface area contributed by atoms with Crippen molar-refractivity contribution in [2.75, 3.05) is 47.5 Å². The monoisotopic (exact) mass is 1270 g/mol. The van der Waals surface area contributed by atoms with E-state index in [2.05, 4.69) is 148 Å². The van der Waals surface area contributed by atoms with Crippen molar-refractivity contribution in [2.45, 2.75) is 322 Å². The van der Waals surface area contributed by atoms with E-state index in [1.54, 1.807) is 0 Å². The van der Waals surface area contributed by atoms with Crippen LogP contribution in [0.4, 0.5) is 0 Å². The van der Waals surface area contributed by atoms with Gasteiger partial charge in [0.05, 0.1) is 40.3 Å². The Balaban J connectivity index is 4.02. The van der Waals surface area contributed by atoms with Crippen LogP contribution in [0.3, 0.4) is 0 Å². The Labute approximate surface area is 560 Å². The van der Waals surface area contributed by atoms with Gasteiger partial charge in [0.15, 0.2) is 12.4 Å². The number of likely N-dealkylation sites (N-methyl/N-ethyl adjacent to an activating group) is 1. The van der Waals surface area contributed by atoms with E-state index in [-0.39, 0.29) is 38.6 Å². The number of esters is 2. The second-order valence-electron chi connectivity index (χ2n) is 25.8. The van der Waals surface area contributed by atoms with Crippen molar-refractivity contribution >= 4 is 17.9 Å². The summed E-state index contributed by atoms with van der Waals surface area (Å²) >= 11 is 0. The lowest BCUT2D eigenvalue weighted by Gasteiger charge is -2.26. The van der Waals surface area contributed by atoms with Crippen LogP contribution in [0, 0.1) is 0 Å². The second-order valence-corrected chi connectivity index (χ2v) is 25.8. The first-order valence-corrected chi connectivity index (χ1v) is 37.3. The van der Waals surface area contributed by atoms with Gasteiger partial charge < -0.3 is 33.3 Å². The van der Waals surface area contributed by atoms with E-state index in [1.165, 1.54) is 148 Å². The lowest BCUT2D eigenvalue weighted by atomic mass is 10.0. The Bertz CT molecular complexity index is 1960. The number of nitrogens with zero attached hydrogens (tertiary/aromatic N) is 1. The Morgan fingerprint density at radius 1 is 0.330 bits per heavy atom. The van der Waals surface area contributed by atoms with E-state index >= 15 is 0 Å². The van der Waals surface area contributed by atoms with Crippen molar-refractivity contribution in [3.8, 4) is 0 Å². The summed E-state index contributed by atoms with van der Waals surface area (Å²) in [5, 5.41) is 11.8. The molecule has 9 nitrogen and oxygen atoms in total. The number of aliphatic carboxylic acids is 1. The number of ether oxygens (including phenoxy) is 4. The van der Waals surface area contributed by atoms with Gasteiger partial charge in [0, 0.05) is 12.8 Å². The van der Waals surface area contributed by atoms with Crippen LogP contribution in [0.25, 0.3) is 0 Å². The van der Waals surface area contributed by atoms with Gasteiger partial charge in [0.1, 0.15) is 13.2 Å². The topological polar surface area (TPSA) is 111 Å². The summed E-state index contributed by atoms with van der Waals surface area (Å²) in [5.41, 5.74) is 0. The molecule has 0 aromatic heterocycles. The third-order valence-corrected chi connectivity index (χ3v) is 15.9. The molecular formula is C82H139NO8. The number of hydrogen-bond donors (Lipinski definition) is 0. The van der Waals surface area contributed by atoms with E-state index in [9.17, 15) is 19.5 Å². The highest BCUT2D eigenvalue weighted by Gasteiger charge is 2.22. The Hall–Kier alpha value is -4.57. The van der Waals surface area contributed by atoms with E-state index in [1.807, 2.05) is 21.1 Å². The molecule has 0 radical (unpaired) electrons. The quantitative estimate of drug-likeness (QED) is 0.0195. The Morgan fingerprint density at radius 2 is 0.593 bits per heavy atom. The molecule has 0 aliphatic carbocycles. The third kappa shape index (κ3) is 72.7. The maximum Gasteiger partial charge on any atom is 0.306 e. The van der Waals surface area contributed by atoms with Crippen molar-refractivity contribution in [3.63, 3.8) is 0 Å². The molecule has 0 N–H and O–H groups in total. The van der Waals surface area contributed by atoms with Crippen LogP contribution in [0.1, 0.15) is 309 Å². The van der Waals surface area contributed by atoms with Crippen molar-refractivity contribution in [2.24, 2.45) is 0 Å². The fourth-order valence-electron chi connectivity index (χ4n) is 10.3. The summed E-state index contributed by atoms with van der Waals surface area (Å²) in [6.07, 6.45) is 99.9. The highest BCUT2D eigenvalue weighted by Crippen LogP contribution is 2.18. The molecule has 9 heteroatoms. The summed E-state index contributed by atoms with van der Waals surface area (Å²) in [7, 11) is 5.92. The predicted molar refractivity (Wildman–Crippen MR) is 389 cm³/mol. The van der Waals surface area contributed by atoms with Crippen molar-refractivity contribution in [1.82, 2.24) is 0 Å². The first kappa shape index (κ1) is 86.4. The lowest BCUT2D eigenvalue weighted by molar-refractivity contribution is -0.870. The molecule has 2 unspecified atom stereocenters. The van der Waals surface area contributed by atoms with E-state index in [0.717, 1.165) is 128 Å². The number of carboxylic acid groups (broad SMARTS) is 1. The number of hydrogen-bond acceptors (Lipinski definition) is 8. The molecule has 91 heavy (non-hydrogen) atoms. The zero-order chi connectivity index (χ0) is 66.1. The zero-order valence-electron chi connectivity index (χ0n) is 59.4. The summed E-state index contributed by atoms with van der Waals surface area (Å²) < 4.78 is 22.8. The van der Waals surface area contributed by atoms with E-state index in [0.29, 0.717) is 17.4 Å². The normalized spacial score (nSPS) is 13.5. The molecule has 0 bridgehead atoms. The van der Waals surface area contributed by atoms with Gasteiger partial charge >= 0.3 is 11.9 Å². The molecule has 0 rings (SSSR count). The minimum Gasteiger partial charge on any atom is -0.545 e.